The fourth-order valence-electron chi connectivity index (χ4n) is 2.93. The van der Waals surface area contributed by atoms with Crippen LogP contribution >= 0.6 is 11.3 Å². The van der Waals surface area contributed by atoms with Crippen molar-refractivity contribution in [2.24, 2.45) is 11.3 Å². The number of carboxylic acid groups (broad SMARTS) is 1. The fraction of sp³-hybridized carbons (Fsp3) is 0.500. The minimum atomic E-state index is -0.793. The Balaban J connectivity index is 1.83. The largest absolute Gasteiger partial charge is 0.481 e. The molecule has 2 N–H and O–H groups in total. The van der Waals surface area contributed by atoms with Crippen molar-refractivity contribution >= 4 is 23.2 Å². The van der Waals surface area contributed by atoms with Crippen molar-refractivity contribution in [3.05, 3.63) is 22.4 Å². The maximum atomic E-state index is 12.2. The number of aliphatic carboxylic acids is 1. The minimum Gasteiger partial charge on any atom is -0.481 e. The second-order valence-corrected chi connectivity index (χ2v) is 5.90. The summed E-state index contributed by atoms with van der Waals surface area (Å²) in [5.41, 5.74) is -0.785. The smallest absolute Gasteiger partial charge is 0.313 e. The van der Waals surface area contributed by atoms with Gasteiger partial charge in [-0.1, -0.05) is 6.07 Å². The van der Waals surface area contributed by atoms with Crippen LogP contribution in [-0.4, -0.2) is 48.1 Å². The maximum Gasteiger partial charge on any atom is 0.313 e. The topological polar surface area (TPSA) is 69.6 Å². The summed E-state index contributed by atoms with van der Waals surface area (Å²) >= 11 is 1.40. The van der Waals surface area contributed by atoms with Crippen LogP contribution in [0.3, 0.4) is 0 Å². The summed E-state index contributed by atoms with van der Waals surface area (Å²) in [5.74, 6) is -0.807. The Kier molecular flexibility index (Phi) is 2.64. The summed E-state index contributed by atoms with van der Waals surface area (Å²) < 4.78 is 0. The number of carboxylic acids is 1. The summed E-state index contributed by atoms with van der Waals surface area (Å²) in [4.78, 5) is 26.1. The molecule has 0 aliphatic carbocycles. The van der Waals surface area contributed by atoms with Gasteiger partial charge in [-0.2, -0.15) is 0 Å². The van der Waals surface area contributed by atoms with Crippen molar-refractivity contribution in [3.8, 4) is 0 Å². The van der Waals surface area contributed by atoms with Gasteiger partial charge in [0, 0.05) is 32.1 Å². The van der Waals surface area contributed by atoms with E-state index in [4.69, 9.17) is 0 Å². The van der Waals surface area contributed by atoms with Crippen molar-refractivity contribution in [3.63, 3.8) is 0 Å². The van der Waals surface area contributed by atoms with Crippen molar-refractivity contribution < 1.29 is 14.7 Å². The number of thiophene rings is 1. The van der Waals surface area contributed by atoms with Crippen molar-refractivity contribution in [1.82, 2.24) is 10.2 Å². The van der Waals surface area contributed by atoms with Crippen molar-refractivity contribution in [1.29, 1.82) is 0 Å². The molecule has 2 saturated heterocycles. The van der Waals surface area contributed by atoms with E-state index >= 15 is 0 Å². The van der Waals surface area contributed by atoms with Gasteiger partial charge >= 0.3 is 5.97 Å². The second kappa shape index (κ2) is 4.07. The molecule has 6 heteroatoms. The maximum absolute atomic E-state index is 12.2. The molecule has 0 unspecified atom stereocenters. The molecule has 2 atom stereocenters. The van der Waals surface area contributed by atoms with E-state index in [0.717, 1.165) is 0 Å². The van der Waals surface area contributed by atoms with Gasteiger partial charge < -0.3 is 15.3 Å². The van der Waals surface area contributed by atoms with Gasteiger partial charge in [-0.15, -0.1) is 11.3 Å². The summed E-state index contributed by atoms with van der Waals surface area (Å²) in [5, 5.41) is 14.4. The SMILES string of the molecule is O=C(c1cccs1)N1C[C@@H]2CNC[C@]2(C(=O)O)C1. The Bertz CT molecular complexity index is 488. The number of carbonyl (C=O) groups excluding carboxylic acids is 1. The molecule has 96 valence electrons. The number of carbonyl (C=O) groups is 2. The number of likely N-dealkylation sites (tertiary alicyclic amines) is 1. The Morgan fingerprint density at radius 2 is 2.39 bits per heavy atom. The molecular formula is C12H14N2O3S. The molecule has 0 bridgehead atoms. The number of fused-ring (bicyclic) bond motifs is 1. The van der Waals surface area contributed by atoms with Gasteiger partial charge in [-0.25, -0.2) is 0 Å². The zero-order chi connectivity index (χ0) is 12.8. The molecule has 1 aromatic rings. The van der Waals surface area contributed by atoms with E-state index in [0.29, 0.717) is 31.1 Å². The highest BCUT2D eigenvalue weighted by Gasteiger charge is 2.56. The third-order valence-electron chi connectivity index (χ3n) is 3.97. The Labute approximate surface area is 108 Å². The molecule has 1 aromatic heterocycles. The molecule has 3 heterocycles. The van der Waals surface area contributed by atoms with E-state index in [1.807, 2.05) is 11.4 Å². The number of nitrogens with one attached hydrogen (secondary N) is 1. The number of rotatable bonds is 2. The highest BCUT2D eigenvalue weighted by molar-refractivity contribution is 7.12. The zero-order valence-corrected chi connectivity index (χ0v) is 10.6. The van der Waals surface area contributed by atoms with E-state index in [2.05, 4.69) is 5.32 Å². The van der Waals surface area contributed by atoms with Crippen LogP contribution in [0.5, 0.6) is 0 Å². The number of amides is 1. The van der Waals surface area contributed by atoms with Crippen LogP contribution in [0.25, 0.3) is 0 Å². The molecular weight excluding hydrogens is 252 g/mol. The fourth-order valence-corrected chi connectivity index (χ4v) is 3.62. The van der Waals surface area contributed by atoms with Crippen LogP contribution in [0.1, 0.15) is 9.67 Å². The first-order valence-electron chi connectivity index (χ1n) is 5.90. The van der Waals surface area contributed by atoms with E-state index in [9.17, 15) is 14.7 Å². The molecule has 5 nitrogen and oxygen atoms in total. The molecule has 0 saturated carbocycles. The quantitative estimate of drug-likeness (QED) is 0.817. The molecule has 2 aliphatic heterocycles. The van der Waals surface area contributed by atoms with E-state index in [1.165, 1.54) is 11.3 Å². The highest BCUT2D eigenvalue weighted by atomic mass is 32.1. The lowest BCUT2D eigenvalue weighted by Crippen LogP contribution is -2.41. The van der Waals surface area contributed by atoms with Crippen LogP contribution in [0, 0.1) is 11.3 Å². The molecule has 3 rings (SSSR count). The molecule has 1 amide bonds. The van der Waals surface area contributed by atoms with E-state index < -0.39 is 11.4 Å². The van der Waals surface area contributed by atoms with Gasteiger partial charge in [0.2, 0.25) is 0 Å². The van der Waals surface area contributed by atoms with E-state index in [-0.39, 0.29) is 11.8 Å². The first kappa shape index (κ1) is 11.7. The summed E-state index contributed by atoms with van der Waals surface area (Å²) in [6, 6.07) is 3.62. The monoisotopic (exact) mass is 266 g/mol. The molecule has 2 aliphatic rings. The first-order chi connectivity index (χ1) is 8.63. The Morgan fingerprint density at radius 3 is 3.00 bits per heavy atom. The van der Waals surface area contributed by atoms with Crippen molar-refractivity contribution in [2.75, 3.05) is 26.2 Å². The zero-order valence-electron chi connectivity index (χ0n) is 9.76. The van der Waals surface area contributed by atoms with Gasteiger partial charge in [0.15, 0.2) is 0 Å². The van der Waals surface area contributed by atoms with Crippen LogP contribution < -0.4 is 5.32 Å². The number of nitrogens with zero attached hydrogens (tertiary/aromatic N) is 1. The van der Waals surface area contributed by atoms with Crippen LogP contribution in [0.4, 0.5) is 0 Å². The average molecular weight is 266 g/mol. The predicted molar refractivity (Wildman–Crippen MR) is 66.7 cm³/mol. The summed E-state index contributed by atoms with van der Waals surface area (Å²) in [6.45, 7) is 1.99. The average Bonchev–Trinajstić information content (AvgIpc) is 3.03. The Hall–Kier alpha value is -1.40. The lowest BCUT2D eigenvalue weighted by molar-refractivity contribution is -0.148. The van der Waals surface area contributed by atoms with Crippen LogP contribution in [0.15, 0.2) is 17.5 Å². The van der Waals surface area contributed by atoms with Gasteiger partial charge in [0.25, 0.3) is 5.91 Å². The normalized spacial score (nSPS) is 30.4. The molecule has 0 aromatic carbocycles. The standard InChI is InChI=1S/C12H14N2O3S/c15-10(9-2-1-3-18-9)14-5-8-4-13-6-12(8,7-14)11(16)17/h1-3,8,13H,4-7H2,(H,16,17)/t8-,12-/m0/s1. The molecule has 2 fully saturated rings. The van der Waals surface area contributed by atoms with Crippen LogP contribution in [0.2, 0.25) is 0 Å². The van der Waals surface area contributed by atoms with Gasteiger partial charge in [0.05, 0.1) is 4.88 Å². The predicted octanol–water partition coefficient (Wildman–Crippen LogP) is 0.494. The second-order valence-electron chi connectivity index (χ2n) is 4.95. The van der Waals surface area contributed by atoms with Crippen molar-refractivity contribution in [2.45, 2.75) is 0 Å². The summed E-state index contributed by atoms with van der Waals surface area (Å²) in [7, 11) is 0. The van der Waals surface area contributed by atoms with Gasteiger partial charge in [-0.3, -0.25) is 9.59 Å². The third kappa shape index (κ3) is 1.56. The van der Waals surface area contributed by atoms with Gasteiger partial charge in [0.1, 0.15) is 5.41 Å². The lowest BCUT2D eigenvalue weighted by atomic mass is 9.81. The third-order valence-corrected chi connectivity index (χ3v) is 4.83. The number of hydrogen-bond acceptors (Lipinski definition) is 4. The highest BCUT2D eigenvalue weighted by Crippen LogP contribution is 2.39. The Morgan fingerprint density at radius 1 is 1.56 bits per heavy atom. The van der Waals surface area contributed by atoms with Gasteiger partial charge in [-0.05, 0) is 11.4 Å². The van der Waals surface area contributed by atoms with E-state index in [1.54, 1.807) is 11.0 Å². The molecule has 18 heavy (non-hydrogen) atoms. The van der Waals surface area contributed by atoms with Crippen LogP contribution in [-0.2, 0) is 4.79 Å². The first-order valence-corrected chi connectivity index (χ1v) is 6.78. The minimum absolute atomic E-state index is 0.0268. The molecule has 0 radical (unpaired) electrons. The summed E-state index contributed by atoms with van der Waals surface area (Å²) in [6.07, 6.45) is 0. The lowest BCUT2D eigenvalue weighted by Gasteiger charge is -2.22. The number of hydrogen-bond donors (Lipinski definition) is 2. The molecule has 0 spiro atoms.